The summed E-state index contributed by atoms with van der Waals surface area (Å²) in [5.74, 6) is -0.129. The van der Waals surface area contributed by atoms with E-state index in [1.54, 1.807) is 14.2 Å². The van der Waals surface area contributed by atoms with Crippen molar-refractivity contribution < 1.29 is 19.4 Å². The van der Waals surface area contributed by atoms with Gasteiger partial charge in [-0.05, 0) is 17.7 Å². The summed E-state index contributed by atoms with van der Waals surface area (Å²) in [6.07, 6.45) is -0.0637. The number of amides is 2. The first-order chi connectivity index (χ1) is 10.3. The molecule has 0 unspecified atom stereocenters. The summed E-state index contributed by atoms with van der Waals surface area (Å²) in [7, 11) is 3.20. The molecule has 1 aromatic carbocycles. The molecule has 22 heavy (non-hydrogen) atoms. The Morgan fingerprint density at radius 2 is 1.86 bits per heavy atom. The number of carbonyl (C=O) groups excluding carboxylic acids is 1. The molecule has 0 aromatic heterocycles. The van der Waals surface area contributed by atoms with E-state index in [0.717, 1.165) is 11.3 Å². The van der Waals surface area contributed by atoms with Crippen LogP contribution in [0, 0.1) is 0 Å². The number of nitrogens with one attached hydrogen (secondary N) is 1. The summed E-state index contributed by atoms with van der Waals surface area (Å²) in [4.78, 5) is 23.8. The van der Waals surface area contributed by atoms with Gasteiger partial charge in [-0.15, -0.1) is 0 Å². The molecule has 0 saturated heterocycles. The fourth-order valence-electron chi connectivity index (χ4n) is 1.94. The molecule has 0 heterocycles. The smallest absolute Gasteiger partial charge is 0.317 e. The minimum atomic E-state index is -0.918. The van der Waals surface area contributed by atoms with Crippen molar-refractivity contribution in [2.24, 2.45) is 0 Å². The number of ether oxygens (including phenoxy) is 1. The molecule has 2 N–H and O–H groups in total. The van der Waals surface area contributed by atoms with E-state index in [0.29, 0.717) is 6.54 Å². The average molecular weight is 308 g/mol. The number of hydrogen-bond acceptors (Lipinski definition) is 3. The summed E-state index contributed by atoms with van der Waals surface area (Å²) in [6.45, 7) is 4.71. The second-order valence-corrected chi connectivity index (χ2v) is 5.84. The summed E-state index contributed by atoms with van der Waals surface area (Å²) >= 11 is 0. The molecule has 122 valence electrons. The Morgan fingerprint density at radius 1 is 1.27 bits per heavy atom. The van der Waals surface area contributed by atoms with Crippen LogP contribution in [0.15, 0.2) is 24.3 Å². The van der Waals surface area contributed by atoms with Crippen molar-refractivity contribution in [1.82, 2.24) is 10.2 Å². The van der Waals surface area contributed by atoms with Crippen LogP contribution in [0.1, 0.15) is 25.8 Å². The lowest BCUT2D eigenvalue weighted by molar-refractivity contribution is -0.137. The maximum absolute atomic E-state index is 11.9. The molecule has 0 aliphatic carbocycles. The number of rotatable bonds is 7. The van der Waals surface area contributed by atoms with Gasteiger partial charge in [-0.25, -0.2) is 4.79 Å². The first kappa shape index (κ1) is 17.8. The Bertz CT molecular complexity index is 511. The van der Waals surface area contributed by atoms with E-state index in [1.165, 1.54) is 4.90 Å². The molecule has 0 bridgehead atoms. The molecule has 1 rings (SSSR count). The minimum absolute atomic E-state index is 0.0637. The van der Waals surface area contributed by atoms with Crippen LogP contribution in [-0.4, -0.2) is 49.3 Å². The predicted octanol–water partition coefficient (Wildman–Crippen LogP) is 2.09. The molecule has 0 aliphatic rings. The van der Waals surface area contributed by atoms with Gasteiger partial charge in [0.2, 0.25) is 0 Å². The number of carbonyl (C=O) groups is 2. The van der Waals surface area contributed by atoms with Crippen molar-refractivity contribution in [2.45, 2.75) is 25.7 Å². The van der Waals surface area contributed by atoms with E-state index >= 15 is 0 Å². The number of benzene rings is 1. The fraction of sp³-hybridized carbons (Fsp3) is 0.500. The topological polar surface area (TPSA) is 78.9 Å². The van der Waals surface area contributed by atoms with Crippen molar-refractivity contribution in [3.05, 3.63) is 29.8 Å². The maximum Gasteiger partial charge on any atom is 0.317 e. The summed E-state index contributed by atoms with van der Waals surface area (Å²) in [5, 5.41) is 11.5. The molecular formula is C16H24N2O4. The second-order valence-electron chi connectivity index (χ2n) is 5.84. The van der Waals surface area contributed by atoms with Crippen molar-refractivity contribution in [3.8, 4) is 5.75 Å². The van der Waals surface area contributed by atoms with Crippen LogP contribution in [0.3, 0.4) is 0 Å². The third kappa shape index (κ3) is 5.27. The third-order valence-corrected chi connectivity index (χ3v) is 3.56. The average Bonchev–Trinajstić information content (AvgIpc) is 2.50. The van der Waals surface area contributed by atoms with Crippen LogP contribution >= 0.6 is 0 Å². The van der Waals surface area contributed by atoms with Crippen LogP contribution in [0.25, 0.3) is 0 Å². The Labute approximate surface area is 131 Å². The van der Waals surface area contributed by atoms with Crippen molar-refractivity contribution >= 4 is 12.0 Å². The standard InChI is InChI=1S/C16H24N2O4/c1-16(2,12-5-7-13(22-4)8-6-12)11-17-15(21)18(3)10-9-14(19)20/h5-8H,9-11H2,1-4H3,(H,17,21)(H,19,20). The van der Waals surface area contributed by atoms with E-state index in [1.807, 2.05) is 38.1 Å². The Balaban J connectivity index is 2.56. The fourth-order valence-corrected chi connectivity index (χ4v) is 1.94. The van der Waals surface area contributed by atoms with Gasteiger partial charge in [-0.1, -0.05) is 26.0 Å². The zero-order valence-corrected chi connectivity index (χ0v) is 13.5. The molecule has 6 nitrogen and oxygen atoms in total. The van der Waals surface area contributed by atoms with Crippen molar-refractivity contribution in [1.29, 1.82) is 0 Å². The van der Waals surface area contributed by atoms with Gasteiger partial charge in [0.1, 0.15) is 5.75 Å². The van der Waals surface area contributed by atoms with Gasteiger partial charge < -0.3 is 20.1 Å². The van der Waals surface area contributed by atoms with E-state index in [-0.39, 0.29) is 24.4 Å². The highest BCUT2D eigenvalue weighted by Gasteiger charge is 2.22. The minimum Gasteiger partial charge on any atom is -0.497 e. The molecule has 2 amide bonds. The molecular weight excluding hydrogens is 284 g/mol. The zero-order valence-electron chi connectivity index (χ0n) is 13.5. The summed E-state index contributed by atoms with van der Waals surface area (Å²) < 4.78 is 5.13. The molecule has 0 radical (unpaired) electrons. The number of urea groups is 1. The van der Waals surface area contributed by atoms with Crippen LogP contribution in [0.5, 0.6) is 5.75 Å². The number of aliphatic carboxylic acids is 1. The van der Waals surface area contributed by atoms with Crippen molar-refractivity contribution in [3.63, 3.8) is 0 Å². The van der Waals surface area contributed by atoms with Crippen LogP contribution in [0.2, 0.25) is 0 Å². The molecule has 0 atom stereocenters. The molecule has 1 aromatic rings. The van der Waals surface area contributed by atoms with E-state index in [2.05, 4.69) is 5.32 Å². The van der Waals surface area contributed by atoms with Gasteiger partial charge in [-0.2, -0.15) is 0 Å². The SMILES string of the molecule is COc1ccc(C(C)(C)CNC(=O)N(C)CCC(=O)O)cc1. The lowest BCUT2D eigenvalue weighted by Gasteiger charge is -2.27. The highest BCUT2D eigenvalue weighted by atomic mass is 16.5. The Morgan fingerprint density at radius 3 is 2.36 bits per heavy atom. The Kier molecular flexibility index (Phi) is 6.22. The van der Waals surface area contributed by atoms with Crippen molar-refractivity contribution in [2.75, 3.05) is 27.2 Å². The van der Waals surface area contributed by atoms with Gasteiger partial charge in [0.25, 0.3) is 0 Å². The van der Waals surface area contributed by atoms with E-state index in [9.17, 15) is 9.59 Å². The molecule has 0 aliphatic heterocycles. The largest absolute Gasteiger partial charge is 0.497 e. The summed E-state index contributed by atoms with van der Waals surface area (Å²) in [6, 6.07) is 7.44. The summed E-state index contributed by atoms with van der Waals surface area (Å²) in [5.41, 5.74) is 0.844. The molecule has 0 fully saturated rings. The molecule has 0 spiro atoms. The van der Waals surface area contributed by atoms with Crippen LogP contribution in [-0.2, 0) is 10.2 Å². The number of carboxylic acids is 1. The third-order valence-electron chi connectivity index (χ3n) is 3.56. The second kappa shape index (κ2) is 7.68. The Hall–Kier alpha value is -2.24. The lowest BCUT2D eigenvalue weighted by atomic mass is 9.84. The normalized spacial score (nSPS) is 10.9. The zero-order chi connectivity index (χ0) is 16.8. The highest BCUT2D eigenvalue weighted by molar-refractivity contribution is 5.75. The monoisotopic (exact) mass is 308 g/mol. The lowest BCUT2D eigenvalue weighted by Crippen LogP contribution is -2.43. The number of methoxy groups -OCH3 is 1. The van der Waals surface area contributed by atoms with Gasteiger partial charge in [-0.3, -0.25) is 4.79 Å². The highest BCUT2D eigenvalue weighted by Crippen LogP contribution is 2.24. The number of nitrogens with zero attached hydrogens (tertiary/aromatic N) is 1. The van der Waals surface area contributed by atoms with Gasteiger partial charge in [0.15, 0.2) is 0 Å². The number of carboxylic acid groups (broad SMARTS) is 1. The maximum atomic E-state index is 11.9. The first-order valence-corrected chi connectivity index (χ1v) is 7.11. The van der Waals surface area contributed by atoms with Crippen LogP contribution in [0.4, 0.5) is 4.79 Å². The quantitative estimate of drug-likeness (QED) is 0.808. The van der Waals surface area contributed by atoms with Crippen LogP contribution < -0.4 is 10.1 Å². The molecule has 6 heteroatoms. The van der Waals surface area contributed by atoms with Gasteiger partial charge >= 0.3 is 12.0 Å². The first-order valence-electron chi connectivity index (χ1n) is 7.11. The predicted molar refractivity (Wildman–Crippen MR) is 84.3 cm³/mol. The van der Waals surface area contributed by atoms with E-state index in [4.69, 9.17) is 9.84 Å². The molecule has 0 saturated carbocycles. The van der Waals surface area contributed by atoms with E-state index < -0.39 is 5.97 Å². The van der Waals surface area contributed by atoms with Gasteiger partial charge in [0, 0.05) is 25.6 Å². The number of hydrogen-bond donors (Lipinski definition) is 2. The van der Waals surface area contributed by atoms with Gasteiger partial charge in [0.05, 0.1) is 13.5 Å².